The number of aromatic nitrogens is 1. The number of aliphatic hydroxyl groups is 1. The highest BCUT2D eigenvalue weighted by molar-refractivity contribution is 5.81. The van der Waals surface area contributed by atoms with Gasteiger partial charge in [-0.1, -0.05) is 24.3 Å². The van der Waals surface area contributed by atoms with Gasteiger partial charge in [-0.3, -0.25) is 4.98 Å². The molecular formula is C11H12N2O. The zero-order valence-electron chi connectivity index (χ0n) is 7.72. The SMILES string of the molecule is N[C@H](CO)c1cccc2cccnc12. The molecular weight excluding hydrogens is 176 g/mol. The third-order valence-electron chi connectivity index (χ3n) is 2.26. The molecule has 0 aliphatic carbocycles. The van der Waals surface area contributed by atoms with Crippen molar-refractivity contribution >= 4 is 10.9 Å². The van der Waals surface area contributed by atoms with E-state index in [9.17, 15) is 0 Å². The number of fused-ring (bicyclic) bond motifs is 1. The van der Waals surface area contributed by atoms with E-state index in [-0.39, 0.29) is 12.6 Å². The predicted molar refractivity (Wildman–Crippen MR) is 55.8 cm³/mol. The largest absolute Gasteiger partial charge is 0.394 e. The Kier molecular flexibility index (Phi) is 2.43. The lowest BCUT2D eigenvalue weighted by Crippen LogP contribution is -2.15. The molecule has 0 saturated carbocycles. The van der Waals surface area contributed by atoms with Gasteiger partial charge in [-0.25, -0.2) is 0 Å². The van der Waals surface area contributed by atoms with Gasteiger partial charge in [-0.15, -0.1) is 0 Å². The van der Waals surface area contributed by atoms with Crippen LogP contribution in [0.25, 0.3) is 10.9 Å². The van der Waals surface area contributed by atoms with E-state index in [0.29, 0.717) is 0 Å². The van der Waals surface area contributed by atoms with Crippen LogP contribution >= 0.6 is 0 Å². The fourth-order valence-electron chi connectivity index (χ4n) is 1.53. The highest BCUT2D eigenvalue weighted by atomic mass is 16.3. The summed E-state index contributed by atoms with van der Waals surface area (Å²) >= 11 is 0. The molecule has 0 aliphatic heterocycles. The molecule has 0 spiro atoms. The molecule has 1 heterocycles. The lowest BCUT2D eigenvalue weighted by molar-refractivity contribution is 0.268. The van der Waals surface area contributed by atoms with Gasteiger partial charge >= 0.3 is 0 Å². The summed E-state index contributed by atoms with van der Waals surface area (Å²) in [6.07, 6.45) is 1.73. The van der Waals surface area contributed by atoms with Crippen LogP contribution in [0.4, 0.5) is 0 Å². The topological polar surface area (TPSA) is 59.1 Å². The monoisotopic (exact) mass is 188 g/mol. The molecule has 2 rings (SSSR count). The first-order valence-electron chi connectivity index (χ1n) is 4.53. The molecule has 2 aromatic rings. The van der Waals surface area contributed by atoms with Gasteiger partial charge in [0.2, 0.25) is 0 Å². The van der Waals surface area contributed by atoms with Crippen LogP contribution in [0.3, 0.4) is 0 Å². The number of nitrogens with two attached hydrogens (primary N) is 1. The first-order valence-corrected chi connectivity index (χ1v) is 4.53. The summed E-state index contributed by atoms with van der Waals surface area (Å²) < 4.78 is 0. The number of para-hydroxylation sites is 1. The first-order chi connectivity index (χ1) is 6.83. The maximum Gasteiger partial charge on any atom is 0.0750 e. The number of rotatable bonds is 2. The molecule has 0 aliphatic rings. The molecule has 14 heavy (non-hydrogen) atoms. The van der Waals surface area contributed by atoms with E-state index in [1.165, 1.54) is 0 Å². The van der Waals surface area contributed by atoms with E-state index in [1.807, 2.05) is 30.3 Å². The third kappa shape index (κ3) is 1.47. The third-order valence-corrected chi connectivity index (χ3v) is 2.26. The number of hydrogen-bond acceptors (Lipinski definition) is 3. The summed E-state index contributed by atoms with van der Waals surface area (Å²) in [7, 11) is 0. The number of nitrogens with zero attached hydrogens (tertiary/aromatic N) is 1. The lowest BCUT2D eigenvalue weighted by atomic mass is 10.0. The van der Waals surface area contributed by atoms with E-state index in [0.717, 1.165) is 16.5 Å². The van der Waals surface area contributed by atoms with Crippen molar-refractivity contribution in [3.05, 3.63) is 42.1 Å². The second-order valence-electron chi connectivity index (χ2n) is 3.21. The molecule has 3 heteroatoms. The van der Waals surface area contributed by atoms with Crippen LogP contribution in [0.2, 0.25) is 0 Å². The van der Waals surface area contributed by atoms with Gasteiger partial charge in [-0.2, -0.15) is 0 Å². The second kappa shape index (κ2) is 3.74. The number of benzene rings is 1. The van der Waals surface area contributed by atoms with Gasteiger partial charge in [0.15, 0.2) is 0 Å². The van der Waals surface area contributed by atoms with Crippen molar-refractivity contribution in [2.45, 2.75) is 6.04 Å². The van der Waals surface area contributed by atoms with Crippen molar-refractivity contribution < 1.29 is 5.11 Å². The van der Waals surface area contributed by atoms with Gasteiger partial charge in [0, 0.05) is 11.6 Å². The van der Waals surface area contributed by atoms with Crippen LogP contribution in [-0.4, -0.2) is 16.7 Å². The molecule has 1 aromatic heterocycles. The predicted octanol–water partition coefficient (Wildman–Crippen LogP) is 1.23. The van der Waals surface area contributed by atoms with Gasteiger partial charge in [0.25, 0.3) is 0 Å². The van der Waals surface area contributed by atoms with E-state index in [1.54, 1.807) is 6.20 Å². The van der Waals surface area contributed by atoms with Crippen molar-refractivity contribution in [2.24, 2.45) is 5.73 Å². The summed E-state index contributed by atoms with van der Waals surface area (Å²) in [5.41, 5.74) is 7.54. The summed E-state index contributed by atoms with van der Waals surface area (Å²) in [6, 6.07) is 9.32. The maximum atomic E-state index is 8.99. The van der Waals surface area contributed by atoms with Crippen molar-refractivity contribution in [1.82, 2.24) is 4.98 Å². The zero-order chi connectivity index (χ0) is 9.97. The Labute approximate surface area is 82.2 Å². The Morgan fingerprint density at radius 2 is 2.07 bits per heavy atom. The molecule has 0 radical (unpaired) electrons. The van der Waals surface area contributed by atoms with Crippen molar-refractivity contribution in [2.75, 3.05) is 6.61 Å². The molecule has 0 unspecified atom stereocenters. The Balaban J connectivity index is 2.65. The minimum atomic E-state index is -0.353. The molecule has 72 valence electrons. The molecule has 3 N–H and O–H groups in total. The van der Waals surface area contributed by atoms with Crippen LogP contribution in [0.5, 0.6) is 0 Å². The van der Waals surface area contributed by atoms with Crippen molar-refractivity contribution in [3.8, 4) is 0 Å². The van der Waals surface area contributed by atoms with E-state index in [4.69, 9.17) is 10.8 Å². The summed E-state index contributed by atoms with van der Waals surface area (Å²) in [5, 5.41) is 10.0. The fourth-order valence-corrected chi connectivity index (χ4v) is 1.53. The van der Waals surface area contributed by atoms with E-state index in [2.05, 4.69) is 4.98 Å². The van der Waals surface area contributed by atoms with Crippen LogP contribution in [-0.2, 0) is 0 Å². The van der Waals surface area contributed by atoms with Crippen LogP contribution in [0, 0.1) is 0 Å². The maximum absolute atomic E-state index is 8.99. The molecule has 3 nitrogen and oxygen atoms in total. The molecule has 0 saturated heterocycles. The molecule has 1 aromatic carbocycles. The number of aliphatic hydroxyl groups excluding tert-OH is 1. The average Bonchev–Trinajstić information content (AvgIpc) is 2.27. The average molecular weight is 188 g/mol. The van der Waals surface area contributed by atoms with Crippen LogP contribution in [0.1, 0.15) is 11.6 Å². The van der Waals surface area contributed by atoms with Gasteiger partial charge in [0.05, 0.1) is 18.2 Å². The van der Waals surface area contributed by atoms with Crippen LogP contribution < -0.4 is 5.73 Å². The Morgan fingerprint density at radius 3 is 2.86 bits per heavy atom. The van der Waals surface area contributed by atoms with Crippen molar-refractivity contribution in [3.63, 3.8) is 0 Å². The Bertz CT molecular complexity index is 437. The van der Waals surface area contributed by atoms with Gasteiger partial charge in [0.1, 0.15) is 0 Å². The van der Waals surface area contributed by atoms with Gasteiger partial charge in [-0.05, 0) is 11.6 Å². The minimum absolute atomic E-state index is 0.0598. The molecule has 0 bridgehead atoms. The normalized spacial score (nSPS) is 13.0. The molecule has 0 amide bonds. The minimum Gasteiger partial charge on any atom is -0.394 e. The van der Waals surface area contributed by atoms with E-state index >= 15 is 0 Å². The van der Waals surface area contributed by atoms with Gasteiger partial charge < -0.3 is 10.8 Å². The lowest BCUT2D eigenvalue weighted by Gasteiger charge is -2.10. The summed E-state index contributed by atoms with van der Waals surface area (Å²) in [6.45, 7) is -0.0598. The summed E-state index contributed by atoms with van der Waals surface area (Å²) in [5.74, 6) is 0. The first kappa shape index (κ1) is 9.12. The highest BCUT2D eigenvalue weighted by Crippen LogP contribution is 2.20. The Morgan fingerprint density at radius 1 is 1.29 bits per heavy atom. The number of hydrogen-bond donors (Lipinski definition) is 2. The molecule has 1 atom stereocenters. The van der Waals surface area contributed by atoms with Crippen LogP contribution in [0.15, 0.2) is 36.5 Å². The summed E-state index contributed by atoms with van der Waals surface area (Å²) in [4.78, 5) is 4.26. The smallest absolute Gasteiger partial charge is 0.0750 e. The van der Waals surface area contributed by atoms with Crippen molar-refractivity contribution in [1.29, 1.82) is 0 Å². The fraction of sp³-hybridized carbons (Fsp3) is 0.182. The standard InChI is InChI=1S/C11H12N2O/c12-10(7-14)9-5-1-3-8-4-2-6-13-11(8)9/h1-6,10,14H,7,12H2/t10-/m1/s1. The molecule has 0 fully saturated rings. The zero-order valence-corrected chi connectivity index (χ0v) is 7.72. The number of pyridine rings is 1. The highest BCUT2D eigenvalue weighted by Gasteiger charge is 2.08. The quantitative estimate of drug-likeness (QED) is 0.745. The van der Waals surface area contributed by atoms with E-state index < -0.39 is 0 Å². The second-order valence-corrected chi connectivity index (χ2v) is 3.21. The Hall–Kier alpha value is -1.45.